The van der Waals surface area contributed by atoms with E-state index in [1.54, 1.807) is 18.2 Å². The van der Waals surface area contributed by atoms with E-state index in [0.717, 1.165) is 37.6 Å². The van der Waals surface area contributed by atoms with Gasteiger partial charge in [-0.3, -0.25) is 0 Å². The fourth-order valence-electron chi connectivity index (χ4n) is 2.63. The van der Waals surface area contributed by atoms with Crippen molar-refractivity contribution in [3.8, 4) is 5.75 Å². The number of hydrogen-bond donors (Lipinski definition) is 2. The topological polar surface area (TPSA) is 38.7 Å². The van der Waals surface area contributed by atoms with Crippen molar-refractivity contribution in [2.45, 2.75) is 0 Å². The zero-order valence-electron chi connectivity index (χ0n) is 12.9. The molecule has 1 saturated heterocycles. The molecular formula is C17H17Cl2N3OS. The van der Waals surface area contributed by atoms with Crippen LogP contribution in [-0.4, -0.2) is 41.3 Å². The van der Waals surface area contributed by atoms with Crippen molar-refractivity contribution in [1.29, 1.82) is 0 Å². The maximum Gasteiger partial charge on any atom is 0.173 e. The molecule has 126 valence electrons. The summed E-state index contributed by atoms with van der Waals surface area (Å²) < 4.78 is 0. The summed E-state index contributed by atoms with van der Waals surface area (Å²) >= 11 is 17.7. The zero-order valence-corrected chi connectivity index (χ0v) is 15.2. The SMILES string of the molecule is Oc1ccc(N2CCN(C(=S)Nc3cccc(Cl)c3Cl)CC2)cc1. The van der Waals surface area contributed by atoms with Gasteiger partial charge in [0, 0.05) is 31.9 Å². The Morgan fingerprint density at radius 1 is 1.00 bits per heavy atom. The summed E-state index contributed by atoms with van der Waals surface area (Å²) in [5, 5.41) is 14.2. The number of halogens is 2. The van der Waals surface area contributed by atoms with Crippen LogP contribution in [0.5, 0.6) is 5.75 Å². The van der Waals surface area contributed by atoms with E-state index in [0.29, 0.717) is 15.2 Å². The predicted octanol–water partition coefficient (Wildman–Crippen LogP) is 4.22. The molecule has 1 aliphatic heterocycles. The van der Waals surface area contributed by atoms with Gasteiger partial charge in [0.15, 0.2) is 5.11 Å². The minimum Gasteiger partial charge on any atom is -0.508 e. The van der Waals surface area contributed by atoms with E-state index in [-0.39, 0.29) is 5.75 Å². The van der Waals surface area contributed by atoms with Crippen molar-refractivity contribution in [1.82, 2.24) is 4.90 Å². The third-order valence-corrected chi connectivity index (χ3v) is 5.15. The number of aromatic hydroxyl groups is 1. The van der Waals surface area contributed by atoms with Gasteiger partial charge < -0.3 is 20.2 Å². The molecule has 1 fully saturated rings. The summed E-state index contributed by atoms with van der Waals surface area (Å²) in [6.07, 6.45) is 0. The lowest BCUT2D eigenvalue weighted by atomic mass is 10.2. The van der Waals surface area contributed by atoms with Gasteiger partial charge in [-0.15, -0.1) is 0 Å². The number of piperazine rings is 1. The van der Waals surface area contributed by atoms with E-state index < -0.39 is 0 Å². The Kier molecular flexibility index (Phi) is 5.33. The molecule has 3 rings (SSSR count). The number of rotatable bonds is 2. The lowest BCUT2D eigenvalue weighted by Gasteiger charge is -2.37. The maximum atomic E-state index is 9.38. The Balaban J connectivity index is 1.59. The highest BCUT2D eigenvalue weighted by molar-refractivity contribution is 7.80. The summed E-state index contributed by atoms with van der Waals surface area (Å²) in [6, 6.07) is 12.7. The number of hydrogen-bond acceptors (Lipinski definition) is 3. The van der Waals surface area contributed by atoms with Gasteiger partial charge >= 0.3 is 0 Å². The first-order valence-electron chi connectivity index (χ1n) is 7.58. The Morgan fingerprint density at radius 3 is 2.33 bits per heavy atom. The van der Waals surface area contributed by atoms with Gasteiger partial charge in [0.1, 0.15) is 5.75 Å². The summed E-state index contributed by atoms with van der Waals surface area (Å²) in [7, 11) is 0. The highest BCUT2D eigenvalue weighted by atomic mass is 35.5. The van der Waals surface area contributed by atoms with E-state index in [9.17, 15) is 5.11 Å². The van der Waals surface area contributed by atoms with E-state index in [1.165, 1.54) is 0 Å². The molecule has 2 aromatic rings. The van der Waals surface area contributed by atoms with Gasteiger partial charge in [0.2, 0.25) is 0 Å². The van der Waals surface area contributed by atoms with Crippen LogP contribution in [0.3, 0.4) is 0 Å². The van der Waals surface area contributed by atoms with E-state index in [4.69, 9.17) is 35.4 Å². The van der Waals surface area contributed by atoms with Crippen LogP contribution in [0.1, 0.15) is 0 Å². The number of benzene rings is 2. The van der Waals surface area contributed by atoms with Gasteiger partial charge in [-0.2, -0.15) is 0 Å². The molecule has 2 N–H and O–H groups in total. The van der Waals surface area contributed by atoms with Crippen molar-refractivity contribution in [3.63, 3.8) is 0 Å². The first kappa shape index (κ1) is 17.1. The largest absolute Gasteiger partial charge is 0.508 e. The molecule has 0 atom stereocenters. The molecule has 4 nitrogen and oxygen atoms in total. The van der Waals surface area contributed by atoms with Gasteiger partial charge in [0.05, 0.1) is 15.7 Å². The predicted molar refractivity (Wildman–Crippen MR) is 105 cm³/mol. The second-order valence-electron chi connectivity index (χ2n) is 5.52. The highest BCUT2D eigenvalue weighted by Crippen LogP contribution is 2.30. The van der Waals surface area contributed by atoms with Crippen molar-refractivity contribution in [2.75, 3.05) is 36.4 Å². The molecule has 0 aromatic heterocycles. The molecule has 1 heterocycles. The minimum atomic E-state index is 0.279. The molecule has 0 bridgehead atoms. The Labute approximate surface area is 156 Å². The fraction of sp³-hybridized carbons (Fsp3) is 0.235. The third kappa shape index (κ3) is 3.86. The smallest absolute Gasteiger partial charge is 0.173 e. The lowest BCUT2D eigenvalue weighted by Crippen LogP contribution is -2.50. The van der Waals surface area contributed by atoms with Gasteiger partial charge in [-0.1, -0.05) is 29.3 Å². The van der Waals surface area contributed by atoms with Crippen molar-refractivity contribution in [3.05, 3.63) is 52.5 Å². The molecule has 7 heteroatoms. The van der Waals surface area contributed by atoms with Crippen LogP contribution >= 0.6 is 35.4 Å². The summed E-state index contributed by atoms with van der Waals surface area (Å²) in [5.74, 6) is 0.279. The van der Waals surface area contributed by atoms with Gasteiger partial charge in [-0.25, -0.2) is 0 Å². The van der Waals surface area contributed by atoms with Crippen LogP contribution in [-0.2, 0) is 0 Å². The van der Waals surface area contributed by atoms with Crippen LogP contribution in [0.4, 0.5) is 11.4 Å². The Bertz CT molecular complexity index is 731. The van der Waals surface area contributed by atoms with Crippen molar-refractivity contribution >= 4 is 51.9 Å². The number of nitrogens with zero attached hydrogens (tertiary/aromatic N) is 2. The zero-order chi connectivity index (χ0) is 17.1. The number of phenolic OH excluding ortho intramolecular Hbond substituents is 1. The van der Waals surface area contributed by atoms with Crippen LogP contribution in [0, 0.1) is 0 Å². The van der Waals surface area contributed by atoms with Gasteiger partial charge in [-0.05, 0) is 48.6 Å². The second kappa shape index (κ2) is 7.47. The second-order valence-corrected chi connectivity index (χ2v) is 6.69. The molecule has 1 aliphatic rings. The number of anilines is 2. The molecule has 2 aromatic carbocycles. The Morgan fingerprint density at radius 2 is 1.67 bits per heavy atom. The van der Waals surface area contributed by atoms with Gasteiger partial charge in [0.25, 0.3) is 0 Å². The highest BCUT2D eigenvalue weighted by Gasteiger charge is 2.20. The number of phenols is 1. The molecule has 0 radical (unpaired) electrons. The van der Waals surface area contributed by atoms with E-state index >= 15 is 0 Å². The van der Waals surface area contributed by atoms with Crippen LogP contribution in [0.25, 0.3) is 0 Å². The average Bonchev–Trinajstić information content (AvgIpc) is 2.60. The monoisotopic (exact) mass is 381 g/mol. The maximum absolute atomic E-state index is 9.38. The van der Waals surface area contributed by atoms with Crippen LogP contribution < -0.4 is 10.2 Å². The molecular weight excluding hydrogens is 365 g/mol. The van der Waals surface area contributed by atoms with Crippen molar-refractivity contribution < 1.29 is 5.11 Å². The molecule has 24 heavy (non-hydrogen) atoms. The van der Waals surface area contributed by atoms with Crippen molar-refractivity contribution in [2.24, 2.45) is 0 Å². The molecule has 0 spiro atoms. The standard InChI is InChI=1S/C17H17Cl2N3OS/c18-14-2-1-3-15(16(14)19)20-17(24)22-10-8-21(9-11-22)12-4-6-13(23)7-5-12/h1-7,23H,8-11H2,(H,20,24). The number of nitrogens with one attached hydrogen (secondary N) is 1. The van der Waals surface area contributed by atoms with Crippen LogP contribution in [0.2, 0.25) is 10.0 Å². The molecule has 0 amide bonds. The summed E-state index contributed by atoms with van der Waals surface area (Å²) in [4.78, 5) is 4.38. The molecule has 0 saturated carbocycles. The van der Waals surface area contributed by atoms with E-state index in [1.807, 2.05) is 24.3 Å². The lowest BCUT2D eigenvalue weighted by molar-refractivity contribution is 0.391. The average molecular weight is 382 g/mol. The minimum absolute atomic E-state index is 0.279. The number of thiocarbonyl (C=S) groups is 1. The molecule has 0 aliphatic carbocycles. The summed E-state index contributed by atoms with van der Waals surface area (Å²) in [6.45, 7) is 3.33. The fourth-order valence-corrected chi connectivity index (χ4v) is 3.27. The molecule has 0 unspecified atom stereocenters. The first-order valence-corrected chi connectivity index (χ1v) is 8.75. The quantitative estimate of drug-likeness (QED) is 0.761. The Hall–Kier alpha value is -1.69. The first-order chi connectivity index (χ1) is 11.5. The summed E-state index contributed by atoms with van der Waals surface area (Å²) in [5.41, 5.74) is 1.82. The third-order valence-electron chi connectivity index (χ3n) is 3.97. The normalized spacial score (nSPS) is 14.6. The van der Waals surface area contributed by atoms with E-state index in [2.05, 4.69) is 15.1 Å². The van der Waals surface area contributed by atoms with Crippen LogP contribution in [0.15, 0.2) is 42.5 Å².